The summed E-state index contributed by atoms with van der Waals surface area (Å²) < 4.78 is 10.5. The molecule has 0 unspecified atom stereocenters. The number of ether oxygens (including phenoxy) is 1. The fourth-order valence-corrected chi connectivity index (χ4v) is 1.80. The Labute approximate surface area is 109 Å². The number of hydrogen-bond acceptors (Lipinski definition) is 4. The van der Waals surface area contributed by atoms with Crippen molar-refractivity contribution in [3.05, 3.63) is 35.8 Å². The molecule has 1 heterocycles. The number of carbonyl (C=O) groups is 2. The Kier molecular flexibility index (Phi) is 3.37. The van der Waals surface area contributed by atoms with Crippen LogP contribution in [0.2, 0.25) is 0 Å². The van der Waals surface area contributed by atoms with E-state index in [0.717, 1.165) is 11.6 Å². The summed E-state index contributed by atoms with van der Waals surface area (Å²) in [6.07, 6.45) is 2.37. The van der Waals surface area contributed by atoms with Crippen LogP contribution in [0.3, 0.4) is 0 Å². The van der Waals surface area contributed by atoms with Gasteiger partial charge in [0.2, 0.25) is 0 Å². The van der Waals surface area contributed by atoms with Gasteiger partial charge in [-0.25, -0.2) is 4.79 Å². The number of aliphatic carboxylic acids is 1. The van der Waals surface area contributed by atoms with Gasteiger partial charge in [-0.1, -0.05) is 0 Å². The zero-order chi connectivity index (χ0) is 14.0. The highest BCUT2D eigenvalue weighted by molar-refractivity contribution is 5.87. The monoisotopic (exact) mass is 260 g/mol. The van der Waals surface area contributed by atoms with Gasteiger partial charge in [-0.3, -0.25) is 4.79 Å². The van der Waals surface area contributed by atoms with Gasteiger partial charge in [0.25, 0.3) is 0 Å². The average molecular weight is 260 g/mol. The minimum absolute atomic E-state index is 0.410. The van der Waals surface area contributed by atoms with Crippen LogP contribution >= 0.6 is 0 Å². The van der Waals surface area contributed by atoms with Crippen LogP contribution in [-0.4, -0.2) is 17.0 Å². The van der Waals surface area contributed by atoms with E-state index in [-0.39, 0.29) is 0 Å². The first kappa shape index (κ1) is 12.9. The molecule has 5 nitrogen and oxygen atoms in total. The van der Waals surface area contributed by atoms with Crippen LogP contribution in [0, 0.1) is 6.92 Å². The van der Waals surface area contributed by atoms with Gasteiger partial charge >= 0.3 is 11.9 Å². The van der Waals surface area contributed by atoms with E-state index in [1.165, 1.54) is 13.0 Å². The molecule has 0 bridgehead atoms. The number of carbonyl (C=O) groups excluding carboxylic acids is 1. The summed E-state index contributed by atoms with van der Waals surface area (Å²) in [5, 5.41) is 8.64. The van der Waals surface area contributed by atoms with E-state index in [9.17, 15) is 9.59 Å². The van der Waals surface area contributed by atoms with Crippen LogP contribution in [0.1, 0.15) is 18.4 Å². The molecule has 0 saturated carbocycles. The van der Waals surface area contributed by atoms with Gasteiger partial charge in [-0.15, -0.1) is 0 Å². The van der Waals surface area contributed by atoms with Crippen molar-refractivity contribution in [3.8, 4) is 16.9 Å². The van der Waals surface area contributed by atoms with E-state index in [1.54, 1.807) is 25.1 Å². The smallest absolute Gasteiger partial charge is 0.328 e. The fourth-order valence-electron chi connectivity index (χ4n) is 1.80. The summed E-state index contributed by atoms with van der Waals surface area (Å²) in [4.78, 5) is 21.5. The van der Waals surface area contributed by atoms with Gasteiger partial charge in [0, 0.05) is 18.6 Å². The van der Waals surface area contributed by atoms with Crippen molar-refractivity contribution in [2.75, 3.05) is 0 Å². The highest BCUT2D eigenvalue weighted by Crippen LogP contribution is 2.35. The lowest BCUT2D eigenvalue weighted by atomic mass is 10.1. The minimum Gasteiger partial charge on any atom is -0.478 e. The van der Waals surface area contributed by atoms with Gasteiger partial charge in [0.1, 0.15) is 17.3 Å². The highest BCUT2D eigenvalue weighted by Gasteiger charge is 2.15. The molecule has 1 N–H and O–H groups in total. The number of esters is 1. The Balaban J connectivity index is 2.49. The molecule has 0 saturated heterocycles. The van der Waals surface area contributed by atoms with Crippen molar-refractivity contribution in [3.63, 3.8) is 0 Å². The average Bonchev–Trinajstić information content (AvgIpc) is 2.66. The zero-order valence-corrected chi connectivity index (χ0v) is 10.5. The van der Waals surface area contributed by atoms with Crippen LogP contribution in [0.5, 0.6) is 5.75 Å². The molecule has 5 heteroatoms. The third-order valence-electron chi connectivity index (χ3n) is 2.43. The summed E-state index contributed by atoms with van der Waals surface area (Å²) >= 11 is 0. The molecule has 0 amide bonds. The number of rotatable bonds is 3. The molecule has 0 fully saturated rings. The number of aryl methyl sites for hydroxylation is 1. The van der Waals surface area contributed by atoms with Gasteiger partial charge in [0.15, 0.2) is 0 Å². The first-order valence-corrected chi connectivity index (χ1v) is 5.59. The molecule has 98 valence electrons. The van der Waals surface area contributed by atoms with Crippen molar-refractivity contribution in [1.29, 1.82) is 0 Å². The lowest BCUT2D eigenvalue weighted by molar-refractivity contribution is -0.132. The fraction of sp³-hybridized carbons (Fsp3) is 0.143. The highest BCUT2D eigenvalue weighted by atomic mass is 16.5. The van der Waals surface area contributed by atoms with E-state index in [0.29, 0.717) is 22.8 Å². The van der Waals surface area contributed by atoms with E-state index < -0.39 is 11.9 Å². The Bertz CT molecular complexity index is 636. The predicted octanol–water partition coefficient (Wildman–Crippen LogP) is 2.72. The number of fused-ring (bicyclic) bond motifs is 1. The summed E-state index contributed by atoms with van der Waals surface area (Å²) in [5.74, 6) is -0.00944. The lowest BCUT2D eigenvalue weighted by Crippen LogP contribution is -1.99. The van der Waals surface area contributed by atoms with Crippen molar-refractivity contribution in [2.24, 2.45) is 0 Å². The summed E-state index contributed by atoms with van der Waals surface area (Å²) in [6, 6.07) is 5.14. The molecule has 2 rings (SSSR count). The predicted molar refractivity (Wildman–Crippen MR) is 68.0 cm³/mol. The largest absolute Gasteiger partial charge is 0.478 e. The molecular formula is C14H12O5. The zero-order valence-electron chi connectivity index (χ0n) is 10.5. The van der Waals surface area contributed by atoms with Crippen molar-refractivity contribution < 1.29 is 23.8 Å². The third kappa shape index (κ3) is 3.01. The van der Waals surface area contributed by atoms with E-state index in [1.807, 2.05) is 0 Å². The summed E-state index contributed by atoms with van der Waals surface area (Å²) in [5.41, 5.74) is 1.52. The maximum Gasteiger partial charge on any atom is 0.328 e. The Morgan fingerprint density at radius 3 is 2.68 bits per heavy atom. The second kappa shape index (κ2) is 4.97. The number of carboxylic acid groups (broad SMARTS) is 1. The first-order chi connectivity index (χ1) is 8.95. The van der Waals surface area contributed by atoms with E-state index >= 15 is 0 Å². The van der Waals surface area contributed by atoms with Gasteiger partial charge in [0.05, 0.1) is 0 Å². The van der Waals surface area contributed by atoms with Gasteiger partial charge in [-0.2, -0.15) is 0 Å². The minimum atomic E-state index is -1.06. The van der Waals surface area contributed by atoms with E-state index in [2.05, 4.69) is 0 Å². The maximum atomic E-state index is 10.9. The van der Waals surface area contributed by atoms with E-state index in [4.69, 9.17) is 14.3 Å². The summed E-state index contributed by atoms with van der Waals surface area (Å²) in [6.45, 7) is 3.08. The molecule has 1 aliphatic carbocycles. The molecule has 0 spiro atoms. The van der Waals surface area contributed by atoms with Crippen molar-refractivity contribution in [2.45, 2.75) is 13.8 Å². The Morgan fingerprint density at radius 1 is 1.32 bits per heavy atom. The van der Waals surface area contributed by atoms with Crippen molar-refractivity contribution in [1.82, 2.24) is 0 Å². The van der Waals surface area contributed by atoms with Crippen LogP contribution in [0.4, 0.5) is 0 Å². The molecule has 2 aliphatic rings. The second-order valence-corrected chi connectivity index (χ2v) is 4.05. The molecule has 1 aliphatic heterocycles. The molecule has 0 radical (unpaired) electrons. The number of carboxylic acids is 1. The standard InChI is InChI=1S/C14H12O5/c1-8-5-10-6-11(19-9(2)15)7-12(10)13(18-8)3-4-14(16)17/h3-7H,1-2H3,(H,16,17). The SMILES string of the molecule is CC(=O)Oc1cc2cc(C)oc(C=CC(=O)O)c-2c1. The van der Waals surface area contributed by atoms with Crippen LogP contribution in [0.15, 0.2) is 28.7 Å². The summed E-state index contributed by atoms with van der Waals surface area (Å²) in [7, 11) is 0. The third-order valence-corrected chi connectivity index (χ3v) is 2.43. The lowest BCUT2D eigenvalue weighted by Gasteiger charge is -2.04. The van der Waals surface area contributed by atoms with Crippen molar-refractivity contribution >= 4 is 18.0 Å². The molecule has 0 aromatic rings. The normalized spacial score (nSPS) is 11.1. The van der Waals surface area contributed by atoms with Crippen LogP contribution in [0.25, 0.3) is 17.2 Å². The Morgan fingerprint density at radius 2 is 2.05 bits per heavy atom. The van der Waals surface area contributed by atoms with Gasteiger partial charge in [-0.05, 0) is 36.8 Å². The van der Waals surface area contributed by atoms with Crippen LogP contribution in [-0.2, 0) is 9.59 Å². The molecule has 19 heavy (non-hydrogen) atoms. The van der Waals surface area contributed by atoms with Crippen LogP contribution < -0.4 is 4.74 Å². The quantitative estimate of drug-likeness (QED) is 0.678. The molecule has 0 atom stereocenters. The van der Waals surface area contributed by atoms with Gasteiger partial charge < -0.3 is 14.3 Å². The number of hydrogen-bond donors (Lipinski definition) is 1. The molecular weight excluding hydrogens is 248 g/mol. The first-order valence-electron chi connectivity index (χ1n) is 5.59. The maximum absolute atomic E-state index is 10.9. The topological polar surface area (TPSA) is 76.7 Å². The molecule has 0 aromatic heterocycles. The molecule has 0 aromatic carbocycles. The second-order valence-electron chi connectivity index (χ2n) is 4.05. The Hall–Kier alpha value is -2.56.